The Kier molecular flexibility index (Phi) is 4.92. The Balaban J connectivity index is 3.04. The number of hydrogen-bond acceptors (Lipinski definition) is 4. The summed E-state index contributed by atoms with van der Waals surface area (Å²) in [5.41, 5.74) is 1.71. The van der Waals surface area contributed by atoms with E-state index in [1.165, 1.54) is 14.2 Å². The molecule has 4 nitrogen and oxygen atoms in total. The lowest BCUT2D eigenvalue weighted by Crippen LogP contribution is -2.09. The predicted molar refractivity (Wildman–Crippen MR) is 63.0 cm³/mol. The average Bonchev–Trinajstić information content (AvgIpc) is 2.37. The first-order valence-electron chi connectivity index (χ1n) is 4.99. The number of esters is 1. The molecule has 0 aliphatic heterocycles. The number of carbonyl (C=O) groups is 1. The summed E-state index contributed by atoms with van der Waals surface area (Å²) in [6.07, 6.45) is 1.65. The second-order valence-corrected chi connectivity index (χ2v) is 3.33. The lowest BCUT2D eigenvalue weighted by molar-refractivity contribution is -0.136. The predicted octanol–water partition coefficient (Wildman–Crippen LogP) is 1.76. The third-order valence-electron chi connectivity index (χ3n) is 2.10. The van der Waals surface area contributed by atoms with E-state index in [0.717, 1.165) is 5.56 Å². The van der Waals surface area contributed by atoms with Crippen molar-refractivity contribution in [3.63, 3.8) is 0 Å². The third kappa shape index (κ3) is 3.74. The van der Waals surface area contributed by atoms with Crippen LogP contribution in [0.25, 0.3) is 6.08 Å². The molecule has 0 amide bonds. The number of carbonyl (C=O) groups excluding carboxylic acids is 1. The van der Waals surface area contributed by atoms with Crippen molar-refractivity contribution in [2.45, 2.75) is 0 Å². The summed E-state index contributed by atoms with van der Waals surface area (Å²) >= 11 is 0. The minimum absolute atomic E-state index is 0.170. The highest BCUT2D eigenvalue weighted by atomic mass is 16.5. The van der Waals surface area contributed by atoms with Crippen molar-refractivity contribution in [2.75, 3.05) is 20.8 Å². The van der Waals surface area contributed by atoms with Gasteiger partial charge >= 0.3 is 5.97 Å². The highest BCUT2D eigenvalue weighted by Gasteiger charge is 2.09. The van der Waals surface area contributed by atoms with Gasteiger partial charge in [-0.05, 0) is 23.8 Å². The molecular weight excluding hydrogens is 218 g/mol. The summed E-state index contributed by atoms with van der Waals surface area (Å²) in [5.74, 6) is -0.436. The van der Waals surface area contributed by atoms with Crippen LogP contribution in [0.1, 0.15) is 11.1 Å². The van der Waals surface area contributed by atoms with Crippen LogP contribution in [-0.4, -0.2) is 26.8 Å². The summed E-state index contributed by atoms with van der Waals surface area (Å²) < 4.78 is 9.56. The van der Waals surface area contributed by atoms with Crippen LogP contribution < -0.4 is 0 Å². The topological polar surface area (TPSA) is 59.3 Å². The van der Waals surface area contributed by atoms with Gasteiger partial charge in [-0.25, -0.2) is 4.79 Å². The maximum Gasteiger partial charge on any atom is 0.336 e. The zero-order valence-corrected chi connectivity index (χ0v) is 9.77. The first-order valence-corrected chi connectivity index (χ1v) is 4.99. The van der Waals surface area contributed by atoms with Gasteiger partial charge in [0.1, 0.15) is 0 Å². The molecule has 0 aromatic heterocycles. The highest BCUT2D eigenvalue weighted by Crippen LogP contribution is 2.10. The molecular formula is C13H13NO3. The largest absolute Gasteiger partial charge is 0.466 e. The Morgan fingerprint density at radius 1 is 1.47 bits per heavy atom. The smallest absolute Gasteiger partial charge is 0.336 e. The van der Waals surface area contributed by atoms with Gasteiger partial charge in [-0.15, -0.1) is 0 Å². The van der Waals surface area contributed by atoms with Crippen molar-refractivity contribution in [2.24, 2.45) is 0 Å². The maximum atomic E-state index is 11.4. The molecule has 0 spiro atoms. The monoisotopic (exact) mass is 231 g/mol. The second-order valence-electron chi connectivity index (χ2n) is 3.33. The van der Waals surface area contributed by atoms with Gasteiger partial charge in [-0.1, -0.05) is 12.1 Å². The first kappa shape index (κ1) is 12.9. The minimum Gasteiger partial charge on any atom is -0.466 e. The van der Waals surface area contributed by atoms with Crippen LogP contribution >= 0.6 is 0 Å². The average molecular weight is 231 g/mol. The van der Waals surface area contributed by atoms with Gasteiger partial charge in [0.2, 0.25) is 0 Å². The van der Waals surface area contributed by atoms with Crippen LogP contribution in [0.2, 0.25) is 0 Å². The van der Waals surface area contributed by atoms with Gasteiger partial charge in [-0.2, -0.15) is 5.26 Å². The number of hydrogen-bond donors (Lipinski definition) is 0. The normalized spacial score (nSPS) is 10.8. The first-order chi connectivity index (χ1) is 8.21. The zero-order chi connectivity index (χ0) is 12.7. The highest BCUT2D eigenvalue weighted by molar-refractivity contribution is 5.93. The fourth-order valence-electron chi connectivity index (χ4n) is 1.35. The molecule has 0 aliphatic carbocycles. The lowest BCUT2D eigenvalue weighted by atomic mass is 10.1. The van der Waals surface area contributed by atoms with E-state index in [9.17, 15) is 4.79 Å². The van der Waals surface area contributed by atoms with Crippen molar-refractivity contribution < 1.29 is 14.3 Å². The molecule has 0 heterocycles. The van der Waals surface area contributed by atoms with Crippen LogP contribution in [0.5, 0.6) is 0 Å². The van der Waals surface area contributed by atoms with E-state index in [0.29, 0.717) is 11.1 Å². The molecule has 1 aromatic rings. The van der Waals surface area contributed by atoms with E-state index in [4.69, 9.17) is 10.00 Å². The van der Waals surface area contributed by atoms with Crippen LogP contribution in [-0.2, 0) is 14.3 Å². The molecule has 88 valence electrons. The van der Waals surface area contributed by atoms with Crippen molar-refractivity contribution in [3.05, 3.63) is 41.0 Å². The van der Waals surface area contributed by atoms with Gasteiger partial charge in [0, 0.05) is 7.11 Å². The Bertz CT molecular complexity index is 472. The third-order valence-corrected chi connectivity index (χ3v) is 2.10. The molecule has 0 saturated heterocycles. The summed E-state index contributed by atoms with van der Waals surface area (Å²) in [6, 6.07) is 8.99. The van der Waals surface area contributed by atoms with Crippen molar-refractivity contribution in [3.8, 4) is 6.07 Å². The minimum atomic E-state index is -0.436. The quantitative estimate of drug-likeness (QED) is 0.585. The molecule has 0 atom stereocenters. The molecule has 0 saturated carbocycles. The van der Waals surface area contributed by atoms with E-state index in [1.54, 1.807) is 30.3 Å². The van der Waals surface area contributed by atoms with Crippen LogP contribution in [0.3, 0.4) is 0 Å². The number of ether oxygens (including phenoxy) is 2. The summed E-state index contributed by atoms with van der Waals surface area (Å²) in [5, 5.41) is 8.77. The number of benzene rings is 1. The fourth-order valence-corrected chi connectivity index (χ4v) is 1.35. The van der Waals surface area contributed by atoms with Crippen molar-refractivity contribution in [1.82, 2.24) is 0 Å². The Morgan fingerprint density at radius 3 is 2.82 bits per heavy atom. The molecule has 0 unspecified atom stereocenters. The number of methoxy groups -OCH3 is 2. The molecule has 1 rings (SSSR count). The lowest BCUT2D eigenvalue weighted by Gasteiger charge is -2.04. The van der Waals surface area contributed by atoms with E-state index in [-0.39, 0.29) is 6.61 Å². The van der Waals surface area contributed by atoms with E-state index >= 15 is 0 Å². The molecule has 1 aromatic carbocycles. The van der Waals surface area contributed by atoms with Crippen molar-refractivity contribution >= 4 is 12.0 Å². The van der Waals surface area contributed by atoms with Crippen molar-refractivity contribution in [1.29, 1.82) is 5.26 Å². The van der Waals surface area contributed by atoms with Crippen LogP contribution in [0.15, 0.2) is 29.8 Å². The molecule has 0 fully saturated rings. The maximum absolute atomic E-state index is 11.4. The standard InChI is InChI=1S/C13H13NO3/c1-16-9-12(13(15)17-2)7-10-4-3-5-11(6-10)8-14/h3-7H,9H2,1-2H3/b12-7+. The van der Waals surface area contributed by atoms with Crippen LogP contribution in [0.4, 0.5) is 0 Å². The Hall–Kier alpha value is -2.12. The summed E-state index contributed by atoms with van der Waals surface area (Å²) in [4.78, 5) is 11.4. The molecule has 0 N–H and O–H groups in total. The van der Waals surface area contributed by atoms with Gasteiger partial charge in [0.05, 0.1) is 30.9 Å². The van der Waals surface area contributed by atoms with Gasteiger partial charge < -0.3 is 9.47 Å². The second kappa shape index (κ2) is 6.46. The van der Waals surface area contributed by atoms with Gasteiger partial charge in [0.15, 0.2) is 0 Å². The van der Waals surface area contributed by atoms with E-state index in [2.05, 4.69) is 4.74 Å². The number of rotatable bonds is 4. The summed E-state index contributed by atoms with van der Waals surface area (Å²) in [6.45, 7) is 0.170. The van der Waals surface area contributed by atoms with Crippen LogP contribution in [0, 0.1) is 11.3 Å². The number of nitriles is 1. The van der Waals surface area contributed by atoms with E-state index in [1.807, 2.05) is 6.07 Å². The molecule has 17 heavy (non-hydrogen) atoms. The SMILES string of the molecule is COC/C(=C\c1cccc(C#N)c1)C(=O)OC. The zero-order valence-electron chi connectivity index (χ0n) is 9.77. The molecule has 0 aliphatic rings. The molecule has 0 radical (unpaired) electrons. The number of nitrogens with zero attached hydrogens (tertiary/aromatic N) is 1. The Labute approximate surface area is 100 Å². The Morgan fingerprint density at radius 2 is 2.24 bits per heavy atom. The van der Waals surface area contributed by atoms with Gasteiger partial charge in [0.25, 0.3) is 0 Å². The van der Waals surface area contributed by atoms with Gasteiger partial charge in [-0.3, -0.25) is 0 Å². The summed E-state index contributed by atoms with van der Waals surface area (Å²) in [7, 11) is 2.82. The van der Waals surface area contributed by atoms with E-state index < -0.39 is 5.97 Å². The molecule has 4 heteroatoms. The molecule has 0 bridgehead atoms. The fraction of sp³-hybridized carbons (Fsp3) is 0.231.